The second kappa shape index (κ2) is 3.52. The van der Waals surface area contributed by atoms with Gasteiger partial charge in [-0.1, -0.05) is 19.2 Å². The van der Waals surface area contributed by atoms with Gasteiger partial charge >= 0.3 is 0 Å². The fraction of sp³-hybridized carbons (Fsp3) is 0.0909. The van der Waals surface area contributed by atoms with Gasteiger partial charge in [0.1, 0.15) is 11.6 Å². The Bertz CT molecular complexity index is 341. The van der Waals surface area contributed by atoms with Crippen LogP contribution in [-0.4, -0.2) is 0 Å². The van der Waals surface area contributed by atoms with Gasteiger partial charge in [-0.05, 0) is 30.2 Å². The van der Waals surface area contributed by atoms with E-state index >= 15 is 0 Å². The molecule has 1 rings (SSSR count). The third-order valence-electron chi connectivity index (χ3n) is 1.73. The van der Waals surface area contributed by atoms with Gasteiger partial charge in [0.05, 0.1) is 0 Å². The minimum atomic E-state index is -0.595. The molecule has 0 amide bonds. The van der Waals surface area contributed by atoms with E-state index in [9.17, 15) is 8.78 Å². The van der Waals surface area contributed by atoms with Gasteiger partial charge < -0.3 is 0 Å². The van der Waals surface area contributed by atoms with Crippen LogP contribution < -0.4 is 0 Å². The first-order valence-corrected chi connectivity index (χ1v) is 3.83. The summed E-state index contributed by atoms with van der Waals surface area (Å²) in [6.45, 7) is 8.49. The van der Waals surface area contributed by atoms with E-state index in [1.54, 1.807) is 6.92 Å². The molecule has 0 aliphatic rings. The van der Waals surface area contributed by atoms with Crippen LogP contribution >= 0.6 is 0 Å². The lowest BCUT2D eigenvalue weighted by Gasteiger charge is -2.04. The van der Waals surface area contributed by atoms with Crippen molar-refractivity contribution in [2.75, 3.05) is 0 Å². The Morgan fingerprint density at radius 1 is 1.31 bits per heavy atom. The molecule has 0 aliphatic heterocycles. The van der Waals surface area contributed by atoms with Crippen LogP contribution in [0.4, 0.5) is 8.78 Å². The summed E-state index contributed by atoms with van der Waals surface area (Å²) in [6, 6.07) is 2.47. The average molecular weight is 180 g/mol. The molecule has 0 aliphatic carbocycles. The van der Waals surface area contributed by atoms with Gasteiger partial charge in [0.25, 0.3) is 0 Å². The Morgan fingerprint density at radius 3 is 2.08 bits per heavy atom. The van der Waals surface area contributed by atoms with Gasteiger partial charge in [-0.25, -0.2) is 8.78 Å². The van der Waals surface area contributed by atoms with Gasteiger partial charge in [-0.3, -0.25) is 0 Å². The van der Waals surface area contributed by atoms with Crippen molar-refractivity contribution in [3.8, 4) is 0 Å². The summed E-state index contributed by atoms with van der Waals surface area (Å²) in [4.78, 5) is 0. The fourth-order valence-corrected chi connectivity index (χ4v) is 1.12. The smallest absolute Gasteiger partial charge is 0.134 e. The van der Waals surface area contributed by atoms with E-state index in [2.05, 4.69) is 13.2 Å². The Balaban J connectivity index is 3.39. The number of hydrogen-bond acceptors (Lipinski definition) is 0. The lowest BCUT2D eigenvalue weighted by atomic mass is 10.0. The first-order chi connectivity index (χ1) is 6.06. The Hall–Kier alpha value is -1.44. The Labute approximate surface area is 76.2 Å². The molecular formula is C11H10F2. The van der Waals surface area contributed by atoms with Crippen LogP contribution in [0.25, 0.3) is 11.6 Å². The minimum Gasteiger partial charge on any atom is -0.206 e. The van der Waals surface area contributed by atoms with Gasteiger partial charge in [-0.2, -0.15) is 0 Å². The van der Waals surface area contributed by atoms with Gasteiger partial charge in [-0.15, -0.1) is 0 Å². The molecule has 0 saturated carbocycles. The number of halogens is 2. The van der Waals surface area contributed by atoms with Crippen LogP contribution in [-0.2, 0) is 0 Å². The van der Waals surface area contributed by atoms with Crippen molar-refractivity contribution < 1.29 is 8.78 Å². The van der Waals surface area contributed by atoms with E-state index in [0.717, 1.165) is 0 Å². The zero-order chi connectivity index (χ0) is 10.0. The fourth-order valence-electron chi connectivity index (χ4n) is 1.12. The molecule has 0 N–H and O–H groups in total. The maximum atomic E-state index is 13.2. The summed E-state index contributed by atoms with van der Waals surface area (Å²) in [5.74, 6) is -1.19. The summed E-state index contributed by atoms with van der Waals surface area (Å²) >= 11 is 0. The molecule has 0 nitrogen and oxygen atoms in total. The monoisotopic (exact) mass is 180 g/mol. The summed E-state index contributed by atoms with van der Waals surface area (Å²) in [7, 11) is 0. The number of benzene rings is 1. The van der Waals surface area contributed by atoms with Crippen LogP contribution in [0.3, 0.4) is 0 Å². The normalized spacial score (nSPS) is 9.77. The molecule has 0 bridgehead atoms. The van der Waals surface area contributed by atoms with Crippen LogP contribution in [0.1, 0.15) is 18.1 Å². The summed E-state index contributed by atoms with van der Waals surface area (Å²) < 4.78 is 26.4. The van der Waals surface area contributed by atoms with E-state index in [1.165, 1.54) is 18.2 Å². The van der Waals surface area contributed by atoms with E-state index < -0.39 is 11.6 Å². The van der Waals surface area contributed by atoms with E-state index in [1.807, 2.05) is 0 Å². The van der Waals surface area contributed by atoms with Crippen LogP contribution in [0.15, 0.2) is 25.3 Å². The molecule has 0 fully saturated rings. The zero-order valence-electron chi connectivity index (χ0n) is 7.40. The number of allylic oxidation sites excluding steroid dienone is 1. The topological polar surface area (TPSA) is 0 Å². The largest absolute Gasteiger partial charge is 0.206 e. The van der Waals surface area contributed by atoms with Crippen molar-refractivity contribution >= 4 is 11.6 Å². The quantitative estimate of drug-likeness (QED) is 0.651. The molecule has 0 heterocycles. The molecule has 13 heavy (non-hydrogen) atoms. The van der Waals surface area contributed by atoms with Gasteiger partial charge in [0, 0.05) is 5.56 Å². The van der Waals surface area contributed by atoms with Crippen molar-refractivity contribution in [1.29, 1.82) is 0 Å². The predicted octanol–water partition coefficient (Wildman–Crippen LogP) is 3.64. The zero-order valence-corrected chi connectivity index (χ0v) is 7.40. The lowest BCUT2D eigenvalue weighted by molar-refractivity contribution is 0.576. The van der Waals surface area contributed by atoms with Crippen molar-refractivity contribution in [2.24, 2.45) is 0 Å². The van der Waals surface area contributed by atoms with Crippen molar-refractivity contribution in [3.63, 3.8) is 0 Å². The second-order valence-electron chi connectivity index (χ2n) is 2.84. The number of hydrogen-bond donors (Lipinski definition) is 0. The second-order valence-corrected chi connectivity index (χ2v) is 2.84. The Kier molecular flexibility index (Phi) is 2.61. The molecule has 0 unspecified atom stereocenters. The minimum absolute atomic E-state index is 0.0504. The molecule has 0 saturated heterocycles. The number of rotatable bonds is 2. The SMILES string of the molecule is C=Cc1cc(F)c(C(=C)C)c(F)c1. The highest BCUT2D eigenvalue weighted by Crippen LogP contribution is 2.21. The summed E-state index contributed by atoms with van der Waals surface area (Å²) in [5.41, 5.74) is 0.760. The van der Waals surface area contributed by atoms with E-state index in [4.69, 9.17) is 0 Å². The highest BCUT2D eigenvalue weighted by Gasteiger charge is 2.10. The summed E-state index contributed by atoms with van der Waals surface area (Å²) in [5, 5.41) is 0. The highest BCUT2D eigenvalue weighted by atomic mass is 19.1. The Morgan fingerprint density at radius 2 is 1.77 bits per heavy atom. The average Bonchev–Trinajstić information content (AvgIpc) is 2.02. The molecule has 0 aromatic heterocycles. The first kappa shape index (κ1) is 9.65. The highest BCUT2D eigenvalue weighted by molar-refractivity contribution is 5.64. The van der Waals surface area contributed by atoms with Crippen molar-refractivity contribution in [3.05, 3.63) is 48.1 Å². The molecule has 2 heteroatoms. The van der Waals surface area contributed by atoms with Crippen LogP contribution in [0, 0.1) is 11.6 Å². The van der Waals surface area contributed by atoms with Crippen molar-refractivity contribution in [1.82, 2.24) is 0 Å². The van der Waals surface area contributed by atoms with Gasteiger partial charge in [0.15, 0.2) is 0 Å². The van der Waals surface area contributed by atoms with Crippen LogP contribution in [0.2, 0.25) is 0 Å². The van der Waals surface area contributed by atoms with E-state index in [0.29, 0.717) is 11.1 Å². The van der Waals surface area contributed by atoms with Crippen LogP contribution in [0.5, 0.6) is 0 Å². The molecule has 0 atom stereocenters. The third-order valence-corrected chi connectivity index (χ3v) is 1.73. The third kappa shape index (κ3) is 1.83. The maximum Gasteiger partial charge on any atom is 0.134 e. The molecule has 0 spiro atoms. The molecular weight excluding hydrogens is 170 g/mol. The molecule has 1 aromatic carbocycles. The van der Waals surface area contributed by atoms with Crippen molar-refractivity contribution in [2.45, 2.75) is 6.92 Å². The lowest BCUT2D eigenvalue weighted by Crippen LogP contribution is -1.93. The maximum absolute atomic E-state index is 13.2. The molecule has 0 radical (unpaired) electrons. The molecule has 68 valence electrons. The van der Waals surface area contributed by atoms with Gasteiger partial charge in [0.2, 0.25) is 0 Å². The molecule has 1 aromatic rings. The standard InChI is InChI=1S/C11H10F2/c1-4-8-5-9(12)11(7(2)3)10(13)6-8/h4-6H,1-2H2,3H3. The predicted molar refractivity (Wildman–Crippen MR) is 51.2 cm³/mol. The summed E-state index contributed by atoms with van der Waals surface area (Å²) in [6.07, 6.45) is 1.40. The first-order valence-electron chi connectivity index (χ1n) is 3.83. The van der Waals surface area contributed by atoms with E-state index in [-0.39, 0.29) is 5.56 Å².